The Morgan fingerprint density at radius 3 is 2.35 bits per heavy atom. The van der Waals surface area contributed by atoms with Crippen LogP contribution in [0.1, 0.15) is 47.1 Å². The molecule has 0 heterocycles. The molecule has 2 atom stereocenters. The number of rotatable bonds is 7. The molecule has 0 spiro atoms. The highest BCUT2D eigenvalue weighted by molar-refractivity contribution is 5.90. The van der Waals surface area contributed by atoms with Crippen molar-refractivity contribution in [1.82, 2.24) is 5.32 Å². The number of fused-ring (bicyclic) bond motifs is 1. The zero-order chi connectivity index (χ0) is 24.2. The molecule has 0 aliphatic heterocycles. The zero-order valence-corrected chi connectivity index (χ0v) is 20.1. The summed E-state index contributed by atoms with van der Waals surface area (Å²) in [6, 6.07) is 20.0. The molecule has 176 valence electrons. The Morgan fingerprint density at radius 2 is 1.71 bits per heavy atom. The molecule has 2 N–H and O–H groups in total. The predicted molar refractivity (Wildman–Crippen MR) is 135 cm³/mol. The second-order valence-corrected chi connectivity index (χ2v) is 8.83. The van der Waals surface area contributed by atoms with Crippen molar-refractivity contribution in [2.24, 2.45) is 5.92 Å². The SMILES string of the molecule is COc1cc(/C=C2\c3ccc(C)cc3C(CC(=O)NCc3ccccc3)C2C)cc(OC)c1O. The van der Waals surface area contributed by atoms with Crippen LogP contribution in [-0.2, 0) is 11.3 Å². The monoisotopic (exact) mass is 457 g/mol. The van der Waals surface area contributed by atoms with E-state index in [1.54, 1.807) is 12.1 Å². The summed E-state index contributed by atoms with van der Waals surface area (Å²) in [6.45, 7) is 4.78. The number of carbonyl (C=O) groups is 1. The lowest BCUT2D eigenvalue weighted by Crippen LogP contribution is -2.25. The number of hydrogen-bond acceptors (Lipinski definition) is 4. The van der Waals surface area contributed by atoms with Crippen molar-refractivity contribution in [3.05, 3.63) is 88.5 Å². The van der Waals surface area contributed by atoms with Gasteiger partial charge in [-0.25, -0.2) is 0 Å². The summed E-state index contributed by atoms with van der Waals surface area (Å²) in [4.78, 5) is 12.9. The summed E-state index contributed by atoms with van der Waals surface area (Å²) in [6.07, 6.45) is 2.52. The molecule has 0 saturated heterocycles. The Kier molecular flexibility index (Phi) is 6.92. The van der Waals surface area contributed by atoms with Gasteiger partial charge in [-0.3, -0.25) is 4.79 Å². The fraction of sp³-hybridized carbons (Fsp3) is 0.276. The van der Waals surface area contributed by atoms with Crippen LogP contribution in [0.3, 0.4) is 0 Å². The van der Waals surface area contributed by atoms with Crippen LogP contribution in [0.5, 0.6) is 17.2 Å². The lowest BCUT2D eigenvalue weighted by molar-refractivity contribution is -0.121. The minimum Gasteiger partial charge on any atom is -0.502 e. The molecule has 1 aliphatic carbocycles. The Balaban J connectivity index is 1.63. The number of nitrogens with one attached hydrogen (secondary N) is 1. The van der Waals surface area contributed by atoms with Crippen LogP contribution in [-0.4, -0.2) is 25.2 Å². The van der Waals surface area contributed by atoms with Crippen LogP contribution >= 0.6 is 0 Å². The molecule has 1 amide bonds. The Labute approximate surface area is 201 Å². The average molecular weight is 458 g/mol. The minimum absolute atomic E-state index is 0.0180. The largest absolute Gasteiger partial charge is 0.502 e. The second kappa shape index (κ2) is 10.0. The average Bonchev–Trinajstić information content (AvgIpc) is 3.09. The minimum atomic E-state index is -0.0180. The first kappa shape index (κ1) is 23.4. The molecule has 34 heavy (non-hydrogen) atoms. The van der Waals surface area contributed by atoms with Crippen molar-refractivity contribution < 1.29 is 19.4 Å². The molecule has 5 nitrogen and oxygen atoms in total. The number of benzene rings is 3. The van der Waals surface area contributed by atoms with E-state index in [4.69, 9.17) is 9.47 Å². The molecule has 1 aliphatic rings. The Morgan fingerprint density at radius 1 is 1.03 bits per heavy atom. The van der Waals surface area contributed by atoms with E-state index < -0.39 is 0 Å². The van der Waals surface area contributed by atoms with Gasteiger partial charge >= 0.3 is 0 Å². The first-order valence-electron chi connectivity index (χ1n) is 11.5. The standard InChI is InChI=1S/C29H31NO4/c1-18-10-11-22-23(13-21-14-26(33-3)29(32)27(15-21)34-4)19(2)24(25(22)12-18)16-28(31)30-17-20-8-6-5-7-9-20/h5-15,19,24,32H,16-17H2,1-4H3,(H,30,31)/b23-13-. The molecule has 0 saturated carbocycles. The van der Waals surface area contributed by atoms with E-state index in [-0.39, 0.29) is 23.5 Å². The van der Waals surface area contributed by atoms with Crippen LogP contribution in [0.4, 0.5) is 0 Å². The summed E-state index contributed by atoms with van der Waals surface area (Å²) in [5, 5.41) is 13.3. The topological polar surface area (TPSA) is 67.8 Å². The number of aryl methyl sites for hydroxylation is 1. The maximum absolute atomic E-state index is 12.9. The van der Waals surface area contributed by atoms with Crippen molar-refractivity contribution >= 4 is 17.6 Å². The van der Waals surface area contributed by atoms with Gasteiger partial charge in [-0.1, -0.05) is 67.1 Å². The Hall–Kier alpha value is -3.73. The highest BCUT2D eigenvalue weighted by Gasteiger charge is 2.35. The quantitative estimate of drug-likeness (QED) is 0.478. The van der Waals surface area contributed by atoms with Crippen molar-refractivity contribution in [3.8, 4) is 17.2 Å². The summed E-state index contributed by atoms with van der Waals surface area (Å²) >= 11 is 0. The molecule has 0 bridgehead atoms. The van der Waals surface area contributed by atoms with E-state index in [0.717, 1.165) is 22.3 Å². The number of phenols is 1. The highest BCUT2D eigenvalue weighted by atomic mass is 16.5. The fourth-order valence-corrected chi connectivity index (χ4v) is 4.72. The summed E-state index contributed by atoms with van der Waals surface area (Å²) in [5.41, 5.74) is 6.65. The van der Waals surface area contributed by atoms with Crippen LogP contribution in [0.2, 0.25) is 0 Å². The lowest BCUT2D eigenvalue weighted by Gasteiger charge is -2.18. The number of carbonyl (C=O) groups excluding carboxylic acids is 1. The molecule has 4 rings (SSSR count). The molecule has 0 aromatic heterocycles. The van der Waals surface area contributed by atoms with Gasteiger partial charge in [-0.15, -0.1) is 0 Å². The van der Waals surface area contributed by atoms with Crippen molar-refractivity contribution in [2.45, 2.75) is 32.7 Å². The molecule has 3 aromatic rings. The van der Waals surface area contributed by atoms with Gasteiger partial charge in [0.1, 0.15) is 0 Å². The van der Waals surface area contributed by atoms with Crippen LogP contribution < -0.4 is 14.8 Å². The zero-order valence-electron chi connectivity index (χ0n) is 20.1. The third kappa shape index (κ3) is 4.79. The number of allylic oxidation sites excluding steroid dienone is 1. The lowest BCUT2D eigenvalue weighted by atomic mass is 9.88. The van der Waals surface area contributed by atoms with Crippen molar-refractivity contribution in [3.63, 3.8) is 0 Å². The first-order valence-corrected chi connectivity index (χ1v) is 11.5. The fourth-order valence-electron chi connectivity index (χ4n) is 4.72. The number of methoxy groups -OCH3 is 2. The van der Waals surface area contributed by atoms with E-state index in [1.807, 2.05) is 30.3 Å². The summed E-state index contributed by atoms with van der Waals surface area (Å²) in [7, 11) is 3.04. The highest BCUT2D eigenvalue weighted by Crippen LogP contribution is 2.49. The number of ether oxygens (including phenoxy) is 2. The molecule has 0 fully saturated rings. The summed E-state index contributed by atoms with van der Waals surface area (Å²) in [5.74, 6) is 0.969. The molecular weight excluding hydrogens is 426 g/mol. The van der Waals surface area contributed by atoms with Crippen molar-refractivity contribution in [2.75, 3.05) is 14.2 Å². The van der Waals surface area contributed by atoms with Gasteiger partial charge in [0.15, 0.2) is 11.5 Å². The van der Waals surface area contributed by atoms with E-state index in [1.165, 1.54) is 25.3 Å². The summed E-state index contributed by atoms with van der Waals surface area (Å²) < 4.78 is 10.7. The van der Waals surface area contributed by atoms with E-state index in [2.05, 4.69) is 43.4 Å². The van der Waals surface area contributed by atoms with Gasteiger partial charge in [0.25, 0.3) is 0 Å². The predicted octanol–water partition coefficient (Wildman–Crippen LogP) is 5.70. The first-order chi connectivity index (χ1) is 16.4. The molecule has 2 unspecified atom stereocenters. The molecule has 0 radical (unpaired) electrons. The van der Waals surface area contributed by atoms with E-state index in [0.29, 0.717) is 24.5 Å². The smallest absolute Gasteiger partial charge is 0.220 e. The molecular formula is C29H31NO4. The van der Waals surface area contributed by atoms with Gasteiger partial charge in [0.2, 0.25) is 11.7 Å². The normalized spacial score (nSPS) is 17.9. The van der Waals surface area contributed by atoms with Crippen LogP contribution in [0, 0.1) is 12.8 Å². The molecule has 5 heteroatoms. The van der Waals surface area contributed by atoms with Gasteiger partial charge < -0.3 is 19.9 Å². The maximum atomic E-state index is 12.9. The van der Waals surface area contributed by atoms with Crippen LogP contribution in [0.25, 0.3) is 11.6 Å². The van der Waals surface area contributed by atoms with Gasteiger partial charge in [0, 0.05) is 13.0 Å². The third-order valence-electron chi connectivity index (χ3n) is 6.57. The second-order valence-electron chi connectivity index (χ2n) is 8.83. The number of aromatic hydroxyl groups is 1. The van der Waals surface area contributed by atoms with E-state index >= 15 is 0 Å². The maximum Gasteiger partial charge on any atom is 0.220 e. The van der Waals surface area contributed by atoms with Crippen molar-refractivity contribution in [1.29, 1.82) is 0 Å². The Bertz CT molecular complexity index is 1190. The van der Waals surface area contributed by atoms with Gasteiger partial charge in [-0.2, -0.15) is 0 Å². The van der Waals surface area contributed by atoms with Crippen LogP contribution in [0.15, 0.2) is 60.7 Å². The third-order valence-corrected chi connectivity index (χ3v) is 6.57. The number of hydrogen-bond donors (Lipinski definition) is 2. The number of phenolic OH excluding ortho intramolecular Hbond substituents is 1. The van der Waals surface area contributed by atoms with Gasteiger partial charge in [0.05, 0.1) is 14.2 Å². The molecule has 3 aromatic carbocycles. The van der Waals surface area contributed by atoms with Gasteiger partial charge in [-0.05, 0) is 58.7 Å². The number of amides is 1. The van der Waals surface area contributed by atoms with E-state index in [9.17, 15) is 9.90 Å².